The van der Waals surface area contributed by atoms with Gasteiger partial charge >= 0.3 is 0 Å². The van der Waals surface area contributed by atoms with E-state index in [2.05, 4.69) is 21.3 Å². The van der Waals surface area contributed by atoms with Crippen LogP contribution in [-0.4, -0.2) is 55.1 Å². The van der Waals surface area contributed by atoms with Crippen molar-refractivity contribution in [1.29, 1.82) is 0 Å². The van der Waals surface area contributed by atoms with E-state index in [1.807, 2.05) is 79.8 Å². The van der Waals surface area contributed by atoms with Crippen molar-refractivity contribution in [3.05, 3.63) is 83.6 Å². The van der Waals surface area contributed by atoms with Gasteiger partial charge in [-0.25, -0.2) is 4.98 Å². The second kappa shape index (κ2) is 9.83. The van der Waals surface area contributed by atoms with E-state index in [9.17, 15) is 4.79 Å². The van der Waals surface area contributed by atoms with Crippen molar-refractivity contribution in [2.45, 2.75) is 31.7 Å². The van der Waals surface area contributed by atoms with Crippen LogP contribution in [0.15, 0.2) is 66.9 Å². The molecular formula is C27H30N4O3. The molecule has 1 fully saturated rings. The highest BCUT2D eigenvalue weighted by Gasteiger charge is 2.34. The van der Waals surface area contributed by atoms with Crippen molar-refractivity contribution < 1.29 is 14.3 Å². The molecule has 34 heavy (non-hydrogen) atoms. The number of pyridine rings is 1. The maximum Gasteiger partial charge on any atom is 0.224 e. The first kappa shape index (κ1) is 22.4. The number of nitrogens with one attached hydrogen (secondary N) is 1. The highest BCUT2D eigenvalue weighted by molar-refractivity contribution is 5.79. The van der Waals surface area contributed by atoms with E-state index in [1.54, 1.807) is 0 Å². The normalized spacial score (nSPS) is 20.6. The quantitative estimate of drug-likeness (QED) is 0.649. The minimum absolute atomic E-state index is 0.00909. The van der Waals surface area contributed by atoms with Crippen LogP contribution >= 0.6 is 0 Å². The maximum absolute atomic E-state index is 12.9. The van der Waals surface area contributed by atoms with E-state index in [4.69, 9.17) is 9.47 Å². The Morgan fingerprint density at radius 2 is 1.79 bits per heavy atom. The number of likely N-dealkylation sites (tertiary alicyclic amines) is 1. The van der Waals surface area contributed by atoms with Gasteiger partial charge in [0.05, 0.1) is 25.2 Å². The summed E-state index contributed by atoms with van der Waals surface area (Å²) < 4.78 is 12.4. The highest BCUT2D eigenvalue weighted by Crippen LogP contribution is 2.25. The number of hydrogen-bond donors (Lipinski definition) is 1. The average molecular weight is 459 g/mol. The zero-order valence-electron chi connectivity index (χ0n) is 19.6. The first-order chi connectivity index (χ1) is 16.5. The van der Waals surface area contributed by atoms with Crippen molar-refractivity contribution in [2.75, 3.05) is 32.1 Å². The lowest BCUT2D eigenvalue weighted by Crippen LogP contribution is -2.44. The standard InChI is InChI=1S/C27H30N4O3/c1-30(2)26-10-9-21(14-28-26)15-31-16-24-25(17-31)33-18-20-6-4-8-23(12-20)34-22-7-3-5-19(11-22)13-27(32)29-24/h3-12,14,24-25H,13,15-18H2,1-2H3,(H,29,32)/t24-,25-/m0/s1. The Hall–Kier alpha value is -3.42. The molecule has 2 atom stereocenters. The number of ether oxygens (including phenoxy) is 2. The molecule has 0 radical (unpaired) electrons. The minimum Gasteiger partial charge on any atom is -0.457 e. The molecule has 1 amide bonds. The van der Waals surface area contributed by atoms with Gasteiger partial charge in [-0.05, 0) is 47.0 Å². The number of anilines is 1. The Kier molecular flexibility index (Phi) is 6.47. The number of fused-ring (bicyclic) bond motifs is 5. The summed E-state index contributed by atoms with van der Waals surface area (Å²) in [5.41, 5.74) is 3.10. The molecule has 0 saturated carbocycles. The third kappa shape index (κ3) is 5.38. The van der Waals surface area contributed by atoms with Gasteiger partial charge in [0.1, 0.15) is 17.3 Å². The topological polar surface area (TPSA) is 66.9 Å². The summed E-state index contributed by atoms with van der Waals surface area (Å²) in [6.07, 6.45) is 2.12. The van der Waals surface area contributed by atoms with Crippen LogP contribution in [0.1, 0.15) is 16.7 Å². The lowest BCUT2D eigenvalue weighted by molar-refractivity contribution is -0.122. The first-order valence-electron chi connectivity index (χ1n) is 11.6. The molecule has 1 N–H and O–H groups in total. The number of benzene rings is 2. The zero-order valence-corrected chi connectivity index (χ0v) is 19.6. The molecule has 4 bridgehead atoms. The van der Waals surface area contributed by atoms with Crippen molar-refractivity contribution in [3.63, 3.8) is 0 Å². The number of hydrogen-bond acceptors (Lipinski definition) is 6. The van der Waals surface area contributed by atoms with Gasteiger partial charge in [-0.3, -0.25) is 9.69 Å². The molecule has 2 aromatic carbocycles. The van der Waals surface area contributed by atoms with Gasteiger partial charge < -0.3 is 19.7 Å². The Morgan fingerprint density at radius 1 is 1.03 bits per heavy atom. The molecule has 7 nitrogen and oxygen atoms in total. The first-order valence-corrected chi connectivity index (χ1v) is 11.6. The molecule has 176 valence electrons. The van der Waals surface area contributed by atoms with Gasteiger partial charge in [0.25, 0.3) is 0 Å². The van der Waals surface area contributed by atoms with Crippen LogP contribution in [0.3, 0.4) is 0 Å². The summed E-state index contributed by atoms with van der Waals surface area (Å²) in [4.78, 5) is 21.7. The van der Waals surface area contributed by atoms with Gasteiger partial charge in [0, 0.05) is 39.9 Å². The predicted octanol–water partition coefficient (Wildman–Crippen LogP) is 3.38. The van der Waals surface area contributed by atoms with E-state index in [0.29, 0.717) is 13.0 Å². The van der Waals surface area contributed by atoms with Crippen LogP contribution in [0, 0.1) is 0 Å². The number of carbonyl (C=O) groups is 1. The number of carbonyl (C=O) groups excluding carboxylic acids is 1. The summed E-state index contributed by atoms with van der Waals surface area (Å²) in [5.74, 6) is 2.41. The van der Waals surface area contributed by atoms with E-state index >= 15 is 0 Å². The fourth-order valence-corrected chi connectivity index (χ4v) is 4.52. The number of nitrogens with zero attached hydrogens (tertiary/aromatic N) is 3. The van der Waals surface area contributed by atoms with Gasteiger partial charge in [-0.1, -0.05) is 30.3 Å². The largest absolute Gasteiger partial charge is 0.457 e. The van der Waals surface area contributed by atoms with Crippen LogP contribution in [0.25, 0.3) is 0 Å². The summed E-state index contributed by atoms with van der Waals surface area (Å²) in [6.45, 7) is 2.70. The third-order valence-corrected chi connectivity index (χ3v) is 6.22. The lowest BCUT2D eigenvalue weighted by atomic mass is 10.1. The average Bonchev–Trinajstić information content (AvgIpc) is 3.18. The molecule has 0 aliphatic carbocycles. The molecule has 2 aliphatic rings. The molecule has 5 rings (SSSR count). The smallest absolute Gasteiger partial charge is 0.224 e. The van der Waals surface area contributed by atoms with Crippen molar-refractivity contribution in [3.8, 4) is 11.5 Å². The fourth-order valence-electron chi connectivity index (χ4n) is 4.52. The lowest BCUT2D eigenvalue weighted by Gasteiger charge is -2.21. The zero-order chi connectivity index (χ0) is 23.5. The second-order valence-electron chi connectivity index (χ2n) is 9.21. The van der Waals surface area contributed by atoms with Crippen LogP contribution in [0.5, 0.6) is 11.5 Å². The van der Waals surface area contributed by atoms with E-state index in [1.165, 1.54) is 0 Å². The molecule has 0 spiro atoms. The highest BCUT2D eigenvalue weighted by atomic mass is 16.5. The molecule has 1 saturated heterocycles. The molecule has 1 aromatic heterocycles. The summed E-state index contributed by atoms with van der Waals surface area (Å²) in [5, 5.41) is 3.22. The number of aromatic nitrogens is 1. The van der Waals surface area contributed by atoms with Crippen molar-refractivity contribution in [1.82, 2.24) is 15.2 Å². The number of amides is 1. The Balaban J connectivity index is 1.34. The summed E-state index contributed by atoms with van der Waals surface area (Å²) in [7, 11) is 3.97. The molecule has 0 unspecified atom stereocenters. The third-order valence-electron chi connectivity index (χ3n) is 6.22. The minimum atomic E-state index is -0.100. The fraction of sp³-hybridized carbons (Fsp3) is 0.333. The van der Waals surface area contributed by atoms with E-state index in [0.717, 1.165) is 53.6 Å². The van der Waals surface area contributed by atoms with Crippen LogP contribution in [0.4, 0.5) is 5.82 Å². The monoisotopic (exact) mass is 458 g/mol. The second-order valence-corrected chi connectivity index (χ2v) is 9.21. The van der Waals surface area contributed by atoms with Crippen LogP contribution in [0.2, 0.25) is 0 Å². The maximum atomic E-state index is 12.9. The molecule has 3 heterocycles. The Labute approximate surface area is 200 Å². The SMILES string of the molecule is CN(C)c1ccc(CN2C[C@@H]3NC(=O)Cc4cccc(c4)Oc4cccc(c4)CO[C@H]3C2)cn1. The molecular weight excluding hydrogens is 428 g/mol. The molecule has 7 heteroatoms. The van der Waals surface area contributed by atoms with Crippen molar-refractivity contribution in [2.24, 2.45) is 0 Å². The van der Waals surface area contributed by atoms with Crippen LogP contribution in [-0.2, 0) is 29.1 Å². The molecule has 2 aliphatic heterocycles. The van der Waals surface area contributed by atoms with E-state index < -0.39 is 0 Å². The summed E-state index contributed by atoms with van der Waals surface area (Å²) in [6, 6.07) is 19.7. The Bertz CT molecular complexity index is 1150. The summed E-state index contributed by atoms with van der Waals surface area (Å²) >= 11 is 0. The molecule has 3 aromatic rings. The van der Waals surface area contributed by atoms with Crippen molar-refractivity contribution >= 4 is 11.7 Å². The van der Waals surface area contributed by atoms with Gasteiger partial charge in [-0.15, -0.1) is 0 Å². The van der Waals surface area contributed by atoms with Gasteiger partial charge in [0.15, 0.2) is 0 Å². The van der Waals surface area contributed by atoms with Gasteiger partial charge in [-0.2, -0.15) is 0 Å². The predicted molar refractivity (Wildman–Crippen MR) is 131 cm³/mol. The van der Waals surface area contributed by atoms with Gasteiger partial charge in [0.2, 0.25) is 5.91 Å². The van der Waals surface area contributed by atoms with Crippen LogP contribution < -0.4 is 15.0 Å². The number of rotatable bonds is 3. The Morgan fingerprint density at radius 3 is 2.53 bits per heavy atom. The van der Waals surface area contributed by atoms with E-state index in [-0.39, 0.29) is 18.1 Å².